The number of aliphatic imine (C=N–C) groups is 1. The number of methoxy groups -OCH3 is 2. The van der Waals surface area contributed by atoms with Crippen LogP contribution in [0.3, 0.4) is 0 Å². The van der Waals surface area contributed by atoms with Crippen LogP contribution in [0.4, 0.5) is 5.95 Å². The van der Waals surface area contributed by atoms with Crippen LogP contribution in [0.2, 0.25) is 5.02 Å². The van der Waals surface area contributed by atoms with Crippen LogP contribution in [0.25, 0.3) is 11.3 Å². The van der Waals surface area contributed by atoms with Gasteiger partial charge in [-0.2, -0.15) is 0 Å². The number of rotatable bonds is 9. The van der Waals surface area contributed by atoms with Crippen molar-refractivity contribution in [3.8, 4) is 22.8 Å². The van der Waals surface area contributed by atoms with Gasteiger partial charge in [0.05, 0.1) is 38.6 Å². The van der Waals surface area contributed by atoms with Crippen molar-refractivity contribution in [3.05, 3.63) is 88.2 Å². The lowest BCUT2D eigenvalue weighted by Crippen LogP contribution is -2.08. The van der Waals surface area contributed by atoms with E-state index in [1.165, 1.54) is 0 Å². The number of carboxylic acids is 1. The molecule has 0 amide bonds. The number of allylic oxidation sites excluding steroid dienone is 2. The number of nitrogens with one attached hydrogen (secondary N) is 1. The summed E-state index contributed by atoms with van der Waals surface area (Å²) >= 11 is 6.43. The zero-order chi connectivity index (χ0) is 26.4. The number of fused-ring (bicyclic) bond motifs is 3. The SMILES string of the molecule is CC/C=C(\C=C/CC(=O)O)Nc1ncc2c(n1)-c1ccc(Cl)cc1C(c1cc(OC)ccc1OC)=NC2. The van der Waals surface area contributed by atoms with Crippen LogP contribution < -0.4 is 14.8 Å². The Bertz CT molecular complexity index is 1420. The van der Waals surface area contributed by atoms with Gasteiger partial charge in [-0.05, 0) is 42.8 Å². The van der Waals surface area contributed by atoms with Crippen LogP contribution in [-0.4, -0.2) is 41.0 Å². The highest BCUT2D eigenvalue weighted by molar-refractivity contribution is 6.31. The van der Waals surface area contributed by atoms with Crippen LogP contribution in [-0.2, 0) is 11.3 Å². The molecule has 2 aromatic carbocycles. The normalized spacial score (nSPS) is 12.9. The molecule has 9 heteroatoms. The molecule has 0 saturated heterocycles. The summed E-state index contributed by atoms with van der Waals surface area (Å²) in [6, 6.07) is 11.2. The molecule has 8 nitrogen and oxygen atoms in total. The molecular formula is C28H27ClN4O4. The molecule has 0 saturated carbocycles. The molecule has 37 heavy (non-hydrogen) atoms. The molecule has 2 N–H and O–H groups in total. The van der Waals surface area contributed by atoms with Gasteiger partial charge in [-0.3, -0.25) is 9.79 Å². The number of halogens is 1. The second-order valence-electron chi connectivity index (χ2n) is 8.18. The summed E-state index contributed by atoms with van der Waals surface area (Å²) in [6.45, 7) is 2.35. The van der Waals surface area contributed by atoms with E-state index in [1.54, 1.807) is 32.6 Å². The van der Waals surface area contributed by atoms with Gasteiger partial charge >= 0.3 is 5.97 Å². The first kappa shape index (κ1) is 25.9. The van der Waals surface area contributed by atoms with Crippen molar-refractivity contribution < 1.29 is 19.4 Å². The van der Waals surface area contributed by atoms with E-state index in [0.29, 0.717) is 40.4 Å². The molecule has 4 rings (SSSR count). The smallest absolute Gasteiger partial charge is 0.307 e. The Balaban J connectivity index is 1.79. The number of benzene rings is 2. The lowest BCUT2D eigenvalue weighted by molar-refractivity contribution is -0.136. The highest BCUT2D eigenvalue weighted by atomic mass is 35.5. The molecule has 1 aliphatic rings. The van der Waals surface area contributed by atoms with Crippen molar-refractivity contribution in [2.24, 2.45) is 4.99 Å². The summed E-state index contributed by atoms with van der Waals surface area (Å²) in [7, 11) is 3.23. The molecule has 0 aliphatic carbocycles. The highest BCUT2D eigenvalue weighted by Crippen LogP contribution is 2.36. The van der Waals surface area contributed by atoms with Crippen molar-refractivity contribution in [1.82, 2.24) is 9.97 Å². The predicted octanol–water partition coefficient (Wildman–Crippen LogP) is 5.90. The number of carbonyl (C=O) groups is 1. The lowest BCUT2D eigenvalue weighted by atomic mass is 9.94. The Hall–Kier alpha value is -4.17. The number of ether oxygens (including phenoxy) is 2. The standard InChI is InChI=1S/C28H27ClN4O4/c1-4-6-19(7-5-8-25(34)35)32-28-31-16-17-15-30-27(23-14-20(36-2)10-12-24(23)37-3)22-13-18(29)9-11-21(22)26(17)33-28/h5-7,9-14,16H,4,8,15H2,1-3H3,(H,34,35)(H,31,32,33)/b7-5-,19-6+. The third-order valence-corrected chi connectivity index (χ3v) is 5.93. The summed E-state index contributed by atoms with van der Waals surface area (Å²) in [5.74, 6) is 0.836. The topological polar surface area (TPSA) is 106 Å². The van der Waals surface area contributed by atoms with E-state index in [2.05, 4.69) is 10.3 Å². The lowest BCUT2D eigenvalue weighted by Gasteiger charge is -2.15. The minimum Gasteiger partial charge on any atom is -0.497 e. The van der Waals surface area contributed by atoms with Crippen LogP contribution in [0.5, 0.6) is 11.5 Å². The summed E-state index contributed by atoms with van der Waals surface area (Å²) < 4.78 is 11.1. The molecule has 0 spiro atoms. The zero-order valence-electron chi connectivity index (χ0n) is 20.8. The van der Waals surface area contributed by atoms with Crippen LogP contribution in [0, 0.1) is 0 Å². The fourth-order valence-corrected chi connectivity index (χ4v) is 4.18. The molecule has 0 unspecified atom stereocenters. The van der Waals surface area contributed by atoms with Gasteiger partial charge < -0.3 is 19.9 Å². The fourth-order valence-electron chi connectivity index (χ4n) is 4.01. The van der Waals surface area contributed by atoms with E-state index in [-0.39, 0.29) is 6.42 Å². The average Bonchev–Trinajstić information content (AvgIpc) is 3.04. The number of anilines is 1. The van der Waals surface area contributed by atoms with Gasteiger partial charge in [-0.25, -0.2) is 9.97 Å². The minimum atomic E-state index is -0.896. The van der Waals surface area contributed by atoms with E-state index in [1.807, 2.05) is 49.4 Å². The molecule has 0 radical (unpaired) electrons. The first-order chi connectivity index (χ1) is 17.9. The van der Waals surface area contributed by atoms with Crippen molar-refractivity contribution in [1.29, 1.82) is 0 Å². The predicted molar refractivity (Wildman–Crippen MR) is 145 cm³/mol. The van der Waals surface area contributed by atoms with Gasteiger partial charge in [0, 0.05) is 39.2 Å². The van der Waals surface area contributed by atoms with Crippen molar-refractivity contribution >= 4 is 29.2 Å². The van der Waals surface area contributed by atoms with Gasteiger partial charge in [0.25, 0.3) is 0 Å². The van der Waals surface area contributed by atoms with E-state index >= 15 is 0 Å². The quantitative estimate of drug-likeness (QED) is 0.339. The molecule has 190 valence electrons. The molecule has 1 aromatic heterocycles. The summed E-state index contributed by atoms with van der Waals surface area (Å²) in [5.41, 5.74) is 5.46. The summed E-state index contributed by atoms with van der Waals surface area (Å²) in [5, 5.41) is 12.7. The third kappa shape index (κ3) is 5.98. The maximum Gasteiger partial charge on any atom is 0.307 e. The van der Waals surface area contributed by atoms with Gasteiger partial charge in [0.1, 0.15) is 11.5 Å². The number of hydrogen-bond donors (Lipinski definition) is 2. The number of aromatic nitrogens is 2. The molecule has 2 heterocycles. The van der Waals surface area contributed by atoms with E-state index < -0.39 is 5.97 Å². The molecule has 0 atom stereocenters. The highest BCUT2D eigenvalue weighted by Gasteiger charge is 2.24. The molecule has 0 fully saturated rings. The van der Waals surface area contributed by atoms with Crippen LogP contribution >= 0.6 is 11.6 Å². The Morgan fingerprint density at radius 3 is 2.70 bits per heavy atom. The summed E-state index contributed by atoms with van der Waals surface area (Å²) in [4.78, 5) is 25.1. The number of carboxylic acid groups (broad SMARTS) is 1. The Kier molecular flexibility index (Phi) is 8.20. The fraction of sp³-hybridized carbons (Fsp3) is 0.214. The minimum absolute atomic E-state index is 0.0736. The average molecular weight is 519 g/mol. The van der Waals surface area contributed by atoms with Crippen molar-refractivity contribution in [2.75, 3.05) is 19.5 Å². The van der Waals surface area contributed by atoms with Crippen LogP contribution in [0.15, 0.2) is 71.5 Å². The first-order valence-corrected chi connectivity index (χ1v) is 12.1. The maximum absolute atomic E-state index is 10.9. The molecule has 3 aromatic rings. The van der Waals surface area contributed by atoms with E-state index in [4.69, 9.17) is 36.2 Å². The van der Waals surface area contributed by atoms with Gasteiger partial charge in [-0.15, -0.1) is 0 Å². The number of hydrogen-bond acceptors (Lipinski definition) is 7. The Labute approximate surface area is 220 Å². The monoisotopic (exact) mass is 518 g/mol. The maximum atomic E-state index is 10.9. The van der Waals surface area contributed by atoms with Gasteiger partial charge in [-0.1, -0.05) is 36.7 Å². The van der Waals surface area contributed by atoms with Crippen molar-refractivity contribution in [2.45, 2.75) is 26.3 Å². The summed E-state index contributed by atoms with van der Waals surface area (Å²) in [6.07, 6.45) is 7.68. The second-order valence-corrected chi connectivity index (χ2v) is 8.62. The van der Waals surface area contributed by atoms with Gasteiger partial charge in [0.2, 0.25) is 5.95 Å². The first-order valence-electron chi connectivity index (χ1n) is 11.7. The zero-order valence-corrected chi connectivity index (χ0v) is 21.5. The van der Waals surface area contributed by atoms with Crippen LogP contribution in [0.1, 0.15) is 36.5 Å². The van der Waals surface area contributed by atoms with Crippen molar-refractivity contribution in [3.63, 3.8) is 0 Å². The Morgan fingerprint density at radius 1 is 1.14 bits per heavy atom. The van der Waals surface area contributed by atoms with Gasteiger partial charge in [0.15, 0.2) is 0 Å². The number of nitrogens with zero attached hydrogens (tertiary/aromatic N) is 3. The second kappa shape index (κ2) is 11.7. The van der Waals surface area contributed by atoms with E-state index in [9.17, 15) is 4.79 Å². The third-order valence-electron chi connectivity index (χ3n) is 5.70. The largest absolute Gasteiger partial charge is 0.497 e. The van der Waals surface area contributed by atoms with E-state index in [0.717, 1.165) is 34.4 Å². The molecule has 1 aliphatic heterocycles. The molecular weight excluding hydrogens is 492 g/mol. The Morgan fingerprint density at radius 2 is 1.97 bits per heavy atom. The number of aliphatic carboxylic acids is 1. The molecule has 0 bridgehead atoms.